The van der Waals surface area contributed by atoms with E-state index >= 15 is 0 Å². The van der Waals surface area contributed by atoms with Crippen LogP contribution in [0.25, 0.3) is 0 Å². The van der Waals surface area contributed by atoms with E-state index in [0.29, 0.717) is 5.38 Å². The summed E-state index contributed by atoms with van der Waals surface area (Å²) < 4.78 is 0. The molecule has 10 heavy (non-hydrogen) atoms. The first kappa shape index (κ1) is 6.72. The van der Waals surface area contributed by atoms with Crippen LogP contribution in [-0.4, -0.2) is 5.38 Å². The molecule has 0 heterocycles. The molecule has 0 aliphatic heterocycles. The first-order chi connectivity index (χ1) is 4.86. The van der Waals surface area contributed by atoms with Crippen molar-refractivity contribution in [2.45, 2.75) is 31.1 Å². The Hall–Kier alpha value is 0.0300. The van der Waals surface area contributed by atoms with Crippen LogP contribution in [0, 0.1) is 11.8 Å². The average Bonchev–Trinajstić information content (AvgIpc) is 2.71. The summed E-state index contributed by atoms with van der Waals surface area (Å²) in [4.78, 5) is 0. The van der Waals surface area contributed by atoms with Crippen molar-refractivity contribution in [3.05, 3.63) is 12.2 Å². The zero-order valence-corrected chi connectivity index (χ0v) is 6.85. The van der Waals surface area contributed by atoms with Gasteiger partial charge in [-0.25, -0.2) is 0 Å². The number of hydrogen-bond acceptors (Lipinski definition) is 0. The molecule has 1 heteroatoms. The number of hydrogen-bond donors (Lipinski definition) is 0. The zero-order chi connectivity index (χ0) is 6.97. The zero-order valence-electron chi connectivity index (χ0n) is 6.09. The number of rotatable bonds is 1. The van der Waals surface area contributed by atoms with Gasteiger partial charge in [0.15, 0.2) is 0 Å². The monoisotopic (exact) mass is 156 g/mol. The third-order valence-electron chi connectivity index (χ3n) is 2.57. The Morgan fingerprint density at radius 2 is 1.80 bits per heavy atom. The van der Waals surface area contributed by atoms with Gasteiger partial charge >= 0.3 is 0 Å². The van der Waals surface area contributed by atoms with Gasteiger partial charge in [0, 0.05) is 0 Å². The predicted molar refractivity (Wildman–Crippen MR) is 44.2 cm³/mol. The average molecular weight is 157 g/mol. The molecule has 1 saturated carbocycles. The summed E-state index contributed by atoms with van der Waals surface area (Å²) in [6, 6.07) is 0. The highest BCUT2D eigenvalue weighted by atomic mass is 35.5. The molecule has 0 aromatic carbocycles. The second kappa shape index (κ2) is 2.58. The van der Waals surface area contributed by atoms with Crippen molar-refractivity contribution in [2.75, 3.05) is 0 Å². The Morgan fingerprint density at radius 3 is 2.30 bits per heavy atom. The van der Waals surface area contributed by atoms with E-state index in [4.69, 9.17) is 11.6 Å². The Balaban J connectivity index is 1.93. The maximum atomic E-state index is 5.92. The van der Waals surface area contributed by atoms with Crippen molar-refractivity contribution in [1.29, 1.82) is 0 Å². The number of halogens is 1. The van der Waals surface area contributed by atoms with E-state index < -0.39 is 0 Å². The van der Waals surface area contributed by atoms with Crippen molar-refractivity contribution in [3.63, 3.8) is 0 Å². The first-order valence-electron chi connectivity index (χ1n) is 4.18. The molecule has 0 N–H and O–H groups in total. The molecule has 0 nitrogen and oxygen atoms in total. The van der Waals surface area contributed by atoms with Gasteiger partial charge in [0.1, 0.15) is 0 Å². The largest absolute Gasteiger partial charge is 0.118 e. The van der Waals surface area contributed by atoms with Gasteiger partial charge < -0.3 is 0 Å². The SMILES string of the molecule is Cl[C@@H]1C=C[C@H](C2CC2)CC1. The van der Waals surface area contributed by atoms with Crippen LogP contribution in [0.15, 0.2) is 12.2 Å². The quantitative estimate of drug-likeness (QED) is 0.405. The van der Waals surface area contributed by atoms with E-state index in [1.165, 1.54) is 25.7 Å². The second-order valence-electron chi connectivity index (χ2n) is 3.48. The standard InChI is InChI=1S/C9H13Cl/c10-9-5-3-8(4-6-9)7-1-2-7/h3,5,7-9H,1-2,4,6H2/t8-,9+/m0/s1. The van der Waals surface area contributed by atoms with E-state index in [-0.39, 0.29) is 0 Å². The topological polar surface area (TPSA) is 0 Å². The van der Waals surface area contributed by atoms with Crippen molar-refractivity contribution < 1.29 is 0 Å². The molecule has 0 spiro atoms. The van der Waals surface area contributed by atoms with Crippen molar-refractivity contribution in [2.24, 2.45) is 11.8 Å². The van der Waals surface area contributed by atoms with Crippen LogP contribution in [0.5, 0.6) is 0 Å². The molecule has 2 aliphatic rings. The maximum absolute atomic E-state index is 5.92. The highest BCUT2D eigenvalue weighted by Gasteiger charge is 2.30. The van der Waals surface area contributed by atoms with E-state index in [1.54, 1.807) is 0 Å². The molecule has 0 radical (unpaired) electrons. The normalized spacial score (nSPS) is 40.1. The van der Waals surface area contributed by atoms with Crippen LogP contribution >= 0.6 is 11.6 Å². The molecule has 0 amide bonds. The molecule has 0 saturated heterocycles. The van der Waals surface area contributed by atoms with Crippen molar-refractivity contribution >= 4 is 11.6 Å². The minimum Gasteiger partial charge on any atom is -0.118 e. The number of allylic oxidation sites excluding steroid dienone is 2. The summed E-state index contributed by atoms with van der Waals surface area (Å²) in [6.07, 6.45) is 9.95. The first-order valence-corrected chi connectivity index (χ1v) is 4.62. The Kier molecular flexibility index (Phi) is 1.73. The molecule has 2 aliphatic carbocycles. The molecule has 2 atom stereocenters. The van der Waals surface area contributed by atoms with Crippen LogP contribution in [0.4, 0.5) is 0 Å². The smallest absolute Gasteiger partial charge is 0.0516 e. The fourth-order valence-electron chi connectivity index (χ4n) is 1.72. The molecule has 0 unspecified atom stereocenters. The fourth-order valence-corrected chi connectivity index (χ4v) is 1.93. The summed E-state index contributed by atoms with van der Waals surface area (Å²) in [5.74, 6) is 1.91. The van der Waals surface area contributed by atoms with Gasteiger partial charge in [-0.15, -0.1) is 11.6 Å². The van der Waals surface area contributed by atoms with Crippen LogP contribution in [0.1, 0.15) is 25.7 Å². The Labute approximate surface area is 67.3 Å². The minimum atomic E-state index is 0.329. The highest BCUT2D eigenvalue weighted by Crippen LogP contribution is 2.41. The van der Waals surface area contributed by atoms with Crippen molar-refractivity contribution in [1.82, 2.24) is 0 Å². The lowest BCUT2D eigenvalue weighted by Crippen LogP contribution is -2.09. The van der Waals surface area contributed by atoms with Gasteiger partial charge in [0.25, 0.3) is 0 Å². The lowest BCUT2D eigenvalue weighted by Gasteiger charge is -2.17. The molecule has 0 bridgehead atoms. The number of alkyl halides is 1. The molecular formula is C9H13Cl. The Bertz CT molecular complexity index is 147. The molecule has 0 aromatic rings. The summed E-state index contributed by atoms with van der Waals surface area (Å²) in [7, 11) is 0. The van der Waals surface area contributed by atoms with Gasteiger partial charge in [-0.05, 0) is 37.5 Å². The van der Waals surface area contributed by atoms with Gasteiger partial charge in [0.2, 0.25) is 0 Å². The molecular weight excluding hydrogens is 144 g/mol. The molecule has 1 fully saturated rings. The fraction of sp³-hybridized carbons (Fsp3) is 0.778. The minimum absolute atomic E-state index is 0.329. The lowest BCUT2D eigenvalue weighted by atomic mass is 9.92. The van der Waals surface area contributed by atoms with Crippen LogP contribution in [0.2, 0.25) is 0 Å². The molecule has 2 rings (SSSR count). The third-order valence-corrected chi connectivity index (χ3v) is 2.93. The van der Waals surface area contributed by atoms with E-state index in [0.717, 1.165) is 11.8 Å². The van der Waals surface area contributed by atoms with E-state index in [9.17, 15) is 0 Å². The van der Waals surface area contributed by atoms with Crippen molar-refractivity contribution in [3.8, 4) is 0 Å². The van der Waals surface area contributed by atoms with Gasteiger partial charge in [-0.3, -0.25) is 0 Å². The van der Waals surface area contributed by atoms with Crippen LogP contribution < -0.4 is 0 Å². The summed E-state index contributed by atoms with van der Waals surface area (Å²) in [5.41, 5.74) is 0. The third kappa shape index (κ3) is 1.37. The lowest BCUT2D eigenvalue weighted by molar-refractivity contribution is 0.488. The summed E-state index contributed by atoms with van der Waals surface area (Å²) >= 11 is 5.92. The summed E-state index contributed by atoms with van der Waals surface area (Å²) in [5, 5.41) is 0.329. The van der Waals surface area contributed by atoms with E-state index in [1.807, 2.05) is 0 Å². The molecule has 0 aromatic heterocycles. The highest BCUT2D eigenvalue weighted by molar-refractivity contribution is 6.21. The van der Waals surface area contributed by atoms with Gasteiger partial charge in [-0.1, -0.05) is 12.2 Å². The predicted octanol–water partition coefficient (Wildman–Crippen LogP) is 2.97. The van der Waals surface area contributed by atoms with Gasteiger partial charge in [-0.2, -0.15) is 0 Å². The maximum Gasteiger partial charge on any atom is 0.0516 e. The second-order valence-corrected chi connectivity index (χ2v) is 4.04. The van der Waals surface area contributed by atoms with Crippen LogP contribution in [-0.2, 0) is 0 Å². The van der Waals surface area contributed by atoms with E-state index in [2.05, 4.69) is 12.2 Å². The Morgan fingerprint density at radius 1 is 1.00 bits per heavy atom. The molecule has 56 valence electrons. The summed E-state index contributed by atoms with van der Waals surface area (Å²) in [6.45, 7) is 0. The van der Waals surface area contributed by atoms with Crippen LogP contribution in [0.3, 0.4) is 0 Å². The van der Waals surface area contributed by atoms with Gasteiger partial charge in [0.05, 0.1) is 5.38 Å².